The molecular weight excluding hydrogens is 548 g/mol. The van der Waals surface area contributed by atoms with Crippen LogP contribution in [0.15, 0.2) is 0 Å². The number of carbonyl (C=O) groups is 4. The summed E-state index contributed by atoms with van der Waals surface area (Å²) >= 11 is 0. The Hall–Kier alpha value is -2.28. The van der Waals surface area contributed by atoms with Crippen molar-refractivity contribution >= 4 is 23.8 Å². The van der Waals surface area contributed by atoms with Crippen molar-refractivity contribution in [2.24, 2.45) is 35.5 Å². The molecule has 12 nitrogen and oxygen atoms in total. The first kappa shape index (κ1) is 32.6. The zero-order chi connectivity index (χ0) is 31.0. The van der Waals surface area contributed by atoms with Crippen LogP contribution in [0.3, 0.4) is 0 Å². The van der Waals surface area contributed by atoms with E-state index in [0.29, 0.717) is 18.8 Å². The Balaban J connectivity index is 1.35. The van der Waals surface area contributed by atoms with Gasteiger partial charge in [0.05, 0.1) is 6.42 Å². The third-order valence-electron chi connectivity index (χ3n) is 9.49. The van der Waals surface area contributed by atoms with Crippen molar-refractivity contribution in [1.29, 1.82) is 0 Å². The molecule has 0 radical (unpaired) electrons. The van der Waals surface area contributed by atoms with E-state index in [4.69, 9.17) is 24.0 Å². The van der Waals surface area contributed by atoms with E-state index in [0.717, 1.165) is 19.3 Å². The van der Waals surface area contributed by atoms with Gasteiger partial charge in [-0.05, 0) is 56.3 Å². The molecule has 238 valence electrons. The van der Waals surface area contributed by atoms with Crippen LogP contribution in [0.25, 0.3) is 0 Å². The first-order valence-corrected chi connectivity index (χ1v) is 15.4. The van der Waals surface area contributed by atoms with Gasteiger partial charge in [0.2, 0.25) is 23.9 Å². The molecule has 3 N–H and O–H groups in total. The summed E-state index contributed by atoms with van der Waals surface area (Å²) in [6.45, 7) is 13.2. The third-order valence-corrected chi connectivity index (χ3v) is 9.49. The summed E-state index contributed by atoms with van der Waals surface area (Å²) in [6.07, 6.45) is 1.73. The molecule has 5 aliphatic rings. The molecule has 4 heterocycles. The zero-order valence-corrected chi connectivity index (χ0v) is 25.8. The van der Waals surface area contributed by atoms with Crippen molar-refractivity contribution in [1.82, 2.24) is 10.6 Å². The molecule has 1 spiro atoms. The van der Waals surface area contributed by atoms with Gasteiger partial charge in [0.1, 0.15) is 12.1 Å². The molecule has 1 unspecified atom stereocenters. The normalized spacial score (nSPS) is 36.9. The lowest BCUT2D eigenvalue weighted by Gasteiger charge is -2.59. The number of carboxylic acid groups (broad SMARTS) is 1. The number of esters is 1. The topological polar surface area (TPSA) is 159 Å². The number of carbonyl (C=O) groups excluding carboxylic acids is 3. The molecule has 1 saturated carbocycles. The number of aliphatic carboxylic acids is 1. The molecule has 2 amide bonds. The van der Waals surface area contributed by atoms with Crippen LogP contribution >= 0.6 is 0 Å². The highest BCUT2D eigenvalue weighted by molar-refractivity contribution is 5.91. The van der Waals surface area contributed by atoms with Gasteiger partial charge in [-0.3, -0.25) is 14.4 Å². The standard InChI is InChI=1S/C30H48N2O10/c1-15(2)14-21(25(35)32-24(16(3)4)26(36)37)31-22(33)10-11-23(34)38-27-18(6)20-9-8-17(5)19-12-13-29(7)40-28(39-27)30(19,20)42-41-29/h15-21,24,27-28H,8-14H2,1-7H3,(H,31,33)(H,32,35)(H,36,37)/t17-,18-,19+,20+,21+,24+,27-,28-,29?,30-/m1/s1. The number of carboxylic acids is 1. The second-order valence-electron chi connectivity index (χ2n) is 13.6. The van der Waals surface area contributed by atoms with E-state index in [1.807, 2.05) is 27.7 Å². The molecule has 0 aromatic rings. The number of hydrogen-bond acceptors (Lipinski definition) is 9. The highest BCUT2D eigenvalue weighted by atomic mass is 17.3. The Morgan fingerprint density at radius 1 is 0.976 bits per heavy atom. The predicted molar refractivity (Wildman–Crippen MR) is 148 cm³/mol. The fourth-order valence-corrected chi connectivity index (χ4v) is 7.15. The molecular formula is C30H48N2O10. The maximum atomic E-state index is 12.9. The first-order valence-electron chi connectivity index (χ1n) is 15.4. The Morgan fingerprint density at radius 3 is 2.33 bits per heavy atom. The molecule has 1 aliphatic carbocycles. The van der Waals surface area contributed by atoms with Crippen molar-refractivity contribution in [2.75, 3.05) is 0 Å². The molecule has 5 fully saturated rings. The Kier molecular flexibility index (Phi) is 9.91. The minimum atomic E-state index is -1.14. The smallest absolute Gasteiger partial charge is 0.326 e. The first-order chi connectivity index (χ1) is 19.7. The minimum absolute atomic E-state index is 0.00281. The lowest BCUT2D eigenvalue weighted by molar-refractivity contribution is -0.576. The van der Waals surface area contributed by atoms with E-state index < -0.39 is 59.8 Å². The Morgan fingerprint density at radius 2 is 1.69 bits per heavy atom. The van der Waals surface area contributed by atoms with Gasteiger partial charge in [-0.15, -0.1) is 0 Å². The highest BCUT2D eigenvalue weighted by Crippen LogP contribution is 2.60. The molecule has 2 bridgehead atoms. The average Bonchev–Trinajstić information content (AvgIpc) is 3.13. The summed E-state index contributed by atoms with van der Waals surface area (Å²) in [5, 5.41) is 14.6. The van der Waals surface area contributed by atoms with Gasteiger partial charge in [0, 0.05) is 24.7 Å². The summed E-state index contributed by atoms with van der Waals surface area (Å²) in [5.74, 6) is -3.63. The van der Waals surface area contributed by atoms with Crippen LogP contribution in [0.1, 0.15) is 93.4 Å². The second kappa shape index (κ2) is 12.8. The highest BCUT2D eigenvalue weighted by Gasteiger charge is 2.69. The lowest BCUT2D eigenvalue weighted by Crippen LogP contribution is -2.70. The van der Waals surface area contributed by atoms with E-state index in [-0.39, 0.29) is 42.4 Å². The quantitative estimate of drug-likeness (QED) is 0.239. The van der Waals surface area contributed by atoms with E-state index >= 15 is 0 Å². The van der Waals surface area contributed by atoms with Gasteiger partial charge in [-0.1, -0.05) is 41.5 Å². The maximum absolute atomic E-state index is 12.9. The van der Waals surface area contributed by atoms with Gasteiger partial charge < -0.3 is 30.0 Å². The molecule has 4 aliphatic heterocycles. The minimum Gasteiger partial charge on any atom is -0.480 e. The number of hydrogen-bond donors (Lipinski definition) is 3. The van der Waals surface area contributed by atoms with Gasteiger partial charge >= 0.3 is 11.9 Å². The van der Waals surface area contributed by atoms with Crippen LogP contribution in [-0.4, -0.2) is 64.9 Å². The largest absolute Gasteiger partial charge is 0.480 e. The van der Waals surface area contributed by atoms with Crippen LogP contribution in [0, 0.1) is 35.5 Å². The van der Waals surface area contributed by atoms with Crippen molar-refractivity contribution in [3.8, 4) is 0 Å². The van der Waals surface area contributed by atoms with Crippen molar-refractivity contribution in [3.63, 3.8) is 0 Å². The molecule has 4 saturated heterocycles. The van der Waals surface area contributed by atoms with Crippen LogP contribution in [0.4, 0.5) is 0 Å². The maximum Gasteiger partial charge on any atom is 0.326 e. The summed E-state index contributed by atoms with van der Waals surface area (Å²) in [7, 11) is 0. The van der Waals surface area contributed by atoms with Crippen LogP contribution in [0.2, 0.25) is 0 Å². The lowest BCUT2D eigenvalue weighted by atomic mass is 9.58. The van der Waals surface area contributed by atoms with Gasteiger partial charge in [-0.2, -0.15) is 0 Å². The van der Waals surface area contributed by atoms with E-state index in [9.17, 15) is 24.3 Å². The summed E-state index contributed by atoms with van der Waals surface area (Å²) in [4.78, 5) is 62.0. The molecule has 42 heavy (non-hydrogen) atoms. The van der Waals surface area contributed by atoms with E-state index in [2.05, 4.69) is 17.6 Å². The SMILES string of the molecule is CC(C)C[C@H](NC(=O)CCC(=O)O[C@@H]1O[C@@H]2OC3(C)CC[C@H]4[C@H](C)CC[C@@H]([C@H]1C)[C@@]24OO3)C(=O)N[C@H](C(=O)O)C(C)C. The third kappa shape index (κ3) is 6.61. The van der Waals surface area contributed by atoms with Gasteiger partial charge in [0.15, 0.2) is 11.9 Å². The Labute approximate surface area is 247 Å². The summed E-state index contributed by atoms with van der Waals surface area (Å²) < 4.78 is 18.3. The fourth-order valence-electron chi connectivity index (χ4n) is 7.15. The van der Waals surface area contributed by atoms with Crippen LogP contribution < -0.4 is 10.6 Å². The molecule has 10 atom stereocenters. The number of amides is 2. The van der Waals surface area contributed by atoms with Crippen molar-refractivity contribution in [2.45, 2.75) is 129 Å². The number of nitrogens with one attached hydrogen (secondary N) is 2. The van der Waals surface area contributed by atoms with Crippen molar-refractivity contribution < 1.29 is 48.3 Å². The second-order valence-corrected chi connectivity index (χ2v) is 13.6. The molecule has 0 aromatic carbocycles. The fraction of sp³-hybridized carbons (Fsp3) is 0.867. The predicted octanol–water partition coefficient (Wildman–Crippen LogP) is 3.27. The zero-order valence-electron chi connectivity index (χ0n) is 25.8. The van der Waals surface area contributed by atoms with Gasteiger partial charge in [0.25, 0.3) is 0 Å². The molecule has 12 heteroatoms. The number of rotatable bonds is 11. The number of ether oxygens (including phenoxy) is 3. The van der Waals surface area contributed by atoms with E-state index in [1.165, 1.54) is 0 Å². The van der Waals surface area contributed by atoms with Gasteiger partial charge in [-0.25, -0.2) is 14.6 Å². The van der Waals surface area contributed by atoms with Crippen LogP contribution in [0.5, 0.6) is 0 Å². The molecule has 0 aromatic heterocycles. The summed E-state index contributed by atoms with van der Waals surface area (Å²) in [6, 6.07) is -2.01. The average molecular weight is 597 g/mol. The summed E-state index contributed by atoms with van der Waals surface area (Å²) in [5.41, 5.74) is -0.767. The van der Waals surface area contributed by atoms with Crippen LogP contribution in [-0.2, 0) is 43.2 Å². The van der Waals surface area contributed by atoms with Crippen molar-refractivity contribution in [3.05, 3.63) is 0 Å². The number of fused-ring (bicyclic) bond motifs is 2. The van der Waals surface area contributed by atoms with E-state index in [1.54, 1.807) is 13.8 Å². The monoisotopic (exact) mass is 596 g/mol. The molecule has 5 rings (SSSR count). The Bertz CT molecular complexity index is 1040.